The van der Waals surface area contributed by atoms with E-state index in [9.17, 15) is 5.11 Å². The molecule has 0 aliphatic carbocycles. The third-order valence-electron chi connectivity index (χ3n) is 3.53. The summed E-state index contributed by atoms with van der Waals surface area (Å²) < 4.78 is 10.5. The van der Waals surface area contributed by atoms with E-state index in [1.165, 1.54) is 6.33 Å². The van der Waals surface area contributed by atoms with E-state index in [4.69, 9.17) is 9.84 Å². The highest BCUT2D eigenvalue weighted by Gasteiger charge is 2.36. The molecule has 0 aromatic carbocycles. The number of halogens is 1. The first-order valence-corrected chi connectivity index (χ1v) is 7.36. The topological polar surface area (TPSA) is 92.4 Å². The molecule has 1 unspecified atom stereocenters. The minimum Gasteiger partial charge on any atom is -0.394 e. The average molecular weight is 390 g/mol. The van der Waals surface area contributed by atoms with Crippen LogP contribution in [0.1, 0.15) is 18.2 Å². The molecule has 1 saturated heterocycles. The number of aromatic nitrogens is 3. The molecule has 8 heteroatoms. The Morgan fingerprint density at radius 2 is 2.35 bits per heavy atom. The summed E-state index contributed by atoms with van der Waals surface area (Å²) in [6.45, 7) is 1.87. The number of aliphatic hydroxyl groups is 2. The summed E-state index contributed by atoms with van der Waals surface area (Å²) in [7, 11) is 0. The zero-order chi connectivity index (χ0) is 14.3. The van der Waals surface area contributed by atoms with Crippen LogP contribution in [0.3, 0.4) is 0 Å². The molecule has 108 valence electrons. The maximum atomic E-state index is 10.1. The molecule has 0 bridgehead atoms. The van der Waals surface area contributed by atoms with Crippen LogP contribution in [-0.2, 0) is 4.74 Å². The van der Waals surface area contributed by atoms with Crippen molar-refractivity contribution >= 4 is 39.7 Å². The Labute approximate surface area is 129 Å². The first-order chi connectivity index (χ1) is 9.65. The van der Waals surface area contributed by atoms with Gasteiger partial charge in [0.05, 0.1) is 41.0 Å². The van der Waals surface area contributed by atoms with Gasteiger partial charge < -0.3 is 23.0 Å². The lowest BCUT2D eigenvalue weighted by Gasteiger charge is -2.17. The van der Waals surface area contributed by atoms with Gasteiger partial charge in [0, 0.05) is 12.6 Å². The normalized spacial score (nSPS) is 26.3. The van der Waals surface area contributed by atoms with Gasteiger partial charge in [-0.25, -0.2) is 9.97 Å². The SMILES string of the molecule is Cc1cn([C@@H]2O[C@H](CO)CC2O)c2ncnc(NI)c12. The monoisotopic (exact) mass is 390 g/mol. The molecular weight excluding hydrogens is 375 g/mol. The lowest BCUT2D eigenvalue weighted by molar-refractivity contribution is -0.0484. The maximum absolute atomic E-state index is 10.1. The zero-order valence-corrected chi connectivity index (χ0v) is 13.0. The van der Waals surface area contributed by atoms with E-state index >= 15 is 0 Å². The third-order valence-corrected chi connectivity index (χ3v) is 4.04. The van der Waals surface area contributed by atoms with Gasteiger partial charge in [0.15, 0.2) is 6.23 Å². The quantitative estimate of drug-likeness (QED) is 0.538. The number of aryl methyl sites for hydroxylation is 1. The number of nitrogens with one attached hydrogen (secondary N) is 1. The van der Waals surface area contributed by atoms with Crippen molar-refractivity contribution in [1.29, 1.82) is 0 Å². The van der Waals surface area contributed by atoms with Gasteiger partial charge in [0.1, 0.15) is 23.9 Å². The maximum Gasteiger partial charge on any atom is 0.161 e. The standard InChI is InChI=1S/C12H15IN4O3/c1-6-3-17(12-8(19)2-7(4-18)20-12)11-9(6)10(16-13)14-5-15-11/h3,5,7-8,12,18-19H,2,4H2,1H3,(H,14,15,16)/t7-,8?,12+/m0/s1. The smallest absolute Gasteiger partial charge is 0.161 e. The van der Waals surface area contributed by atoms with Crippen LogP contribution in [0.4, 0.5) is 5.82 Å². The van der Waals surface area contributed by atoms with E-state index in [1.807, 2.05) is 40.6 Å². The van der Waals surface area contributed by atoms with E-state index in [1.54, 1.807) is 0 Å². The minimum atomic E-state index is -0.659. The fraction of sp³-hybridized carbons (Fsp3) is 0.500. The van der Waals surface area contributed by atoms with Crippen molar-refractivity contribution in [1.82, 2.24) is 14.5 Å². The van der Waals surface area contributed by atoms with Gasteiger partial charge in [-0.2, -0.15) is 0 Å². The van der Waals surface area contributed by atoms with Crippen molar-refractivity contribution in [3.63, 3.8) is 0 Å². The number of aliphatic hydroxyl groups excluding tert-OH is 2. The van der Waals surface area contributed by atoms with E-state index in [0.29, 0.717) is 12.1 Å². The Morgan fingerprint density at radius 1 is 1.55 bits per heavy atom. The molecule has 7 nitrogen and oxygen atoms in total. The van der Waals surface area contributed by atoms with Crippen molar-refractivity contribution in [3.05, 3.63) is 18.1 Å². The van der Waals surface area contributed by atoms with Crippen molar-refractivity contribution in [3.8, 4) is 0 Å². The molecule has 3 rings (SSSR count). The van der Waals surface area contributed by atoms with Gasteiger partial charge in [-0.15, -0.1) is 0 Å². The van der Waals surface area contributed by atoms with Crippen LogP contribution >= 0.6 is 22.9 Å². The molecule has 2 aromatic rings. The van der Waals surface area contributed by atoms with Gasteiger partial charge in [0.25, 0.3) is 0 Å². The Bertz CT molecular complexity index is 632. The van der Waals surface area contributed by atoms with Crippen LogP contribution in [0.2, 0.25) is 0 Å². The lowest BCUT2D eigenvalue weighted by atomic mass is 10.2. The second-order valence-electron chi connectivity index (χ2n) is 4.87. The number of anilines is 1. The summed E-state index contributed by atoms with van der Waals surface area (Å²) in [6, 6.07) is 0. The summed E-state index contributed by atoms with van der Waals surface area (Å²) in [5, 5.41) is 20.2. The van der Waals surface area contributed by atoms with Crippen LogP contribution in [0.15, 0.2) is 12.5 Å². The average Bonchev–Trinajstić information content (AvgIpc) is 2.99. The van der Waals surface area contributed by atoms with E-state index in [0.717, 1.165) is 16.8 Å². The van der Waals surface area contributed by atoms with E-state index in [2.05, 4.69) is 13.5 Å². The summed E-state index contributed by atoms with van der Waals surface area (Å²) in [5.74, 6) is 0.734. The molecule has 20 heavy (non-hydrogen) atoms. The minimum absolute atomic E-state index is 0.0959. The van der Waals surface area contributed by atoms with Crippen LogP contribution in [-0.4, -0.2) is 43.6 Å². The van der Waals surface area contributed by atoms with Crippen molar-refractivity contribution in [2.45, 2.75) is 31.8 Å². The summed E-state index contributed by atoms with van der Waals surface area (Å²) >= 11 is 2.03. The first-order valence-electron chi connectivity index (χ1n) is 6.29. The predicted molar refractivity (Wildman–Crippen MR) is 81.5 cm³/mol. The van der Waals surface area contributed by atoms with Gasteiger partial charge >= 0.3 is 0 Å². The molecule has 2 aromatic heterocycles. The predicted octanol–water partition coefficient (Wildman–Crippen LogP) is 1.14. The Morgan fingerprint density at radius 3 is 3.00 bits per heavy atom. The number of nitrogens with zero attached hydrogens (tertiary/aromatic N) is 3. The van der Waals surface area contributed by atoms with Crippen molar-refractivity contribution in [2.24, 2.45) is 0 Å². The Balaban J connectivity index is 2.09. The van der Waals surface area contributed by atoms with Gasteiger partial charge in [-0.05, 0) is 12.5 Å². The fourth-order valence-corrected chi connectivity index (χ4v) is 3.04. The second kappa shape index (κ2) is 5.43. The zero-order valence-electron chi connectivity index (χ0n) is 10.8. The molecule has 1 aliphatic heterocycles. The van der Waals surface area contributed by atoms with Gasteiger partial charge in [0.2, 0.25) is 0 Å². The molecule has 0 radical (unpaired) electrons. The highest BCUT2D eigenvalue weighted by atomic mass is 127. The van der Waals surface area contributed by atoms with Crippen molar-refractivity contribution < 1.29 is 14.9 Å². The second-order valence-corrected chi connectivity index (χ2v) is 5.41. The largest absolute Gasteiger partial charge is 0.394 e. The molecule has 1 aliphatic rings. The van der Waals surface area contributed by atoms with Crippen LogP contribution in [0.25, 0.3) is 11.0 Å². The molecule has 0 amide bonds. The molecule has 0 saturated carbocycles. The van der Waals surface area contributed by atoms with Gasteiger partial charge in [-0.3, -0.25) is 0 Å². The number of ether oxygens (including phenoxy) is 1. The van der Waals surface area contributed by atoms with Crippen LogP contribution in [0, 0.1) is 6.92 Å². The van der Waals surface area contributed by atoms with E-state index in [-0.39, 0.29) is 12.7 Å². The number of hydrogen-bond acceptors (Lipinski definition) is 6. The van der Waals surface area contributed by atoms with Crippen LogP contribution < -0.4 is 3.53 Å². The third kappa shape index (κ3) is 2.16. The Kier molecular flexibility index (Phi) is 3.80. The highest BCUT2D eigenvalue weighted by Crippen LogP contribution is 2.34. The molecule has 1 fully saturated rings. The number of fused-ring (bicyclic) bond motifs is 1. The highest BCUT2D eigenvalue weighted by molar-refractivity contribution is 14.1. The molecule has 0 spiro atoms. The first kappa shape index (κ1) is 14.0. The summed E-state index contributed by atoms with van der Waals surface area (Å²) in [5.41, 5.74) is 1.71. The molecule has 3 heterocycles. The molecule has 3 N–H and O–H groups in total. The fourth-order valence-electron chi connectivity index (χ4n) is 2.63. The summed E-state index contributed by atoms with van der Waals surface area (Å²) in [4.78, 5) is 8.49. The van der Waals surface area contributed by atoms with Crippen LogP contribution in [0.5, 0.6) is 0 Å². The lowest BCUT2D eigenvalue weighted by Crippen LogP contribution is -2.19. The number of rotatable bonds is 3. The van der Waals surface area contributed by atoms with E-state index < -0.39 is 12.3 Å². The molecule has 3 atom stereocenters. The number of hydrogen-bond donors (Lipinski definition) is 3. The Hall–Kier alpha value is -0.970. The summed E-state index contributed by atoms with van der Waals surface area (Å²) in [6.07, 6.45) is 2.27. The van der Waals surface area contributed by atoms with Gasteiger partial charge in [-0.1, -0.05) is 0 Å². The van der Waals surface area contributed by atoms with Crippen molar-refractivity contribution in [2.75, 3.05) is 10.1 Å². The molecular formula is C12H15IN4O3.